The summed E-state index contributed by atoms with van der Waals surface area (Å²) in [5.74, 6) is -0.932. The van der Waals surface area contributed by atoms with E-state index in [0.29, 0.717) is 22.4 Å². The molecule has 0 atom stereocenters. The van der Waals surface area contributed by atoms with E-state index in [0.717, 1.165) is 17.3 Å². The molecule has 3 N–H and O–H groups in total. The van der Waals surface area contributed by atoms with Crippen LogP contribution in [0.4, 0.5) is 0 Å². The topological polar surface area (TPSA) is 91.1 Å². The lowest BCUT2D eigenvalue weighted by molar-refractivity contribution is -0.123. The van der Waals surface area contributed by atoms with E-state index in [1.165, 1.54) is 6.08 Å². The Bertz CT molecular complexity index is 913. The molecule has 1 fully saturated rings. The normalized spacial score (nSPS) is 13.2. The summed E-state index contributed by atoms with van der Waals surface area (Å²) in [4.78, 5) is 39.9. The number of ketones is 1. The van der Waals surface area contributed by atoms with Gasteiger partial charge in [-0.25, -0.2) is 0 Å². The van der Waals surface area contributed by atoms with E-state index in [1.807, 2.05) is 6.07 Å². The standard InChI is InChI=1S/C19H18BrN3O3/c1-3-14-15(17(24)12-5-4-6-13(20)9-12)10(2)16(21-14)19(26)23-22-18(25)11-7-8-11/h3-6,9,11,21H,1,7-8H2,2H3,(H,22,25)(H,23,26). The van der Waals surface area contributed by atoms with Gasteiger partial charge in [-0.2, -0.15) is 0 Å². The fraction of sp³-hybridized carbons (Fsp3) is 0.211. The molecule has 0 aliphatic heterocycles. The van der Waals surface area contributed by atoms with Gasteiger partial charge in [0.1, 0.15) is 5.69 Å². The van der Waals surface area contributed by atoms with Gasteiger partial charge in [0.15, 0.2) is 5.78 Å². The van der Waals surface area contributed by atoms with E-state index in [9.17, 15) is 14.4 Å². The summed E-state index contributed by atoms with van der Waals surface area (Å²) in [6.45, 7) is 5.40. The molecule has 134 valence electrons. The maximum absolute atomic E-state index is 12.9. The zero-order valence-electron chi connectivity index (χ0n) is 14.2. The van der Waals surface area contributed by atoms with Crippen LogP contribution in [0.5, 0.6) is 0 Å². The molecule has 0 bridgehead atoms. The molecule has 0 spiro atoms. The van der Waals surface area contributed by atoms with Gasteiger partial charge in [0.05, 0.1) is 5.56 Å². The Morgan fingerprint density at radius 1 is 1.27 bits per heavy atom. The molecule has 7 heteroatoms. The second-order valence-electron chi connectivity index (χ2n) is 6.17. The van der Waals surface area contributed by atoms with E-state index < -0.39 is 5.91 Å². The number of benzene rings is 1. The molecule has 6 nitrogen and oxygen atoms in total. The van der Waals surface area contributed by atoms with Crippen LogP contribution in [0.1, 0.15) is 50.5 Å². The van der Waals surface area contributed by atoms with Crippen molar-refractivity contribution in [2.45, 2.75) is 19.8 Å². The third-order valence-electron chi connectivity index (χ3n) is 4.27. The Hall–Kier alpha value is -2.67. The number of carbonyl (C=O) groups excluding carboxylic acids is 3. The highest BCUT2D eigenvalue weighted by Gasteiger charge is 2.30. The number of halogens is 1. The Balaban J connectivity index is 1.87. The number of aromatic amines is 1. The molecule has 0 unspecified atom stereocenters. The number of aromatic nitrogens is 1. The van der Waals surface area contributed by atoms with Crippen molar-refractivity contribution in [1.29, 1.82) is 0 Å². The molecule has 1 aromatic carbocycles. The predicted octanol–water partition coefficient (Wildman–Crippen LogP) is 3.13. The van der Waals surface area contributed by atoms with E-state index in [2.05, 4.69) is 38.3 Å². The molecule has 1 saturated carbocycles. The SMILES string of the molecule is C=Cc1[nH]c(C(=O)NNC(=O)C2CC2)c(C)c1C(=O)c1cccc(Br)c1. The average Bonchev–Trinajstić information content (AvgIpc) is 3.42. The van der Waals surface area contributed by atoms with Crippen molar-refractivity contribution in [3.05, 3.63) is 63.4 Å². The molecular weight excluding hydrogens is 398 g/mol. The van der Waals surface area contributed by atoms with Crippen LogP contribution in [0.3, 0.4) is 0 Å². The van der Waals surface area contributed by atoms with E-state index in [-0.39, 0.29) is 23.3 Å². The highest BCUT2D eigenvalue weighted by molar-refractivity contribution is 9.10. The molecule has 2 aromatic rings. The van der Waals surface area contributed by atoms with Crippen LogP contribution in [0.15, 0.2) is 35.3 Å². The highest BCUT2D eigenvalue weighted by Crippen LogP contribution is 2.28. The lowest BCUT2D eigenvalue weighted by Gasteiger charge is -2.06. The number of carbonyl (C=O) groups is 3. The fourth-order valence-corrected chi connectivity index (χ4v) is 3.09. The highest BCUT2D eigenvalue weighted by atomic mass is 79.9. The number of hydrazine groups is 1. The molecule has 0 radical (unpaired) electrons. The Labute approximate surface area is 159 Å². The number of nitrogens with one attached hydrogen (secondary N) is 3. The van der Waals surface area contributed by atoms with E-state index in [4.69, 9.17) is 0 Å². The molecular formula is C19H18BrN3O3. The molecule has 0 saturated heterocycles. The van der Waals surface area contributed by atoms with Crippen LogP contribution in [-0.2, 0) is 4.79 Å². The number of rotatable bonds is 5. The van der Waals surface area contributed by atoms with Crippen molar-refractivity contribution >= 4 is 39.6 Å². The number of hydrogen-bond donors (Lipinski definition) is 3. The van der Waals surface area contributed by atoms with Crippen LogP contribution in [-0.4, -0.2) is 22.6 Å². The molecule has 1 aromatic heterocycles. The first kappa shape index (κ1) is 18.1. The van der Waals surface area contributed by atoms with Crippen LogP contribution < -0.4 is 10.9 Å². The molecule has 3 rings (SSSR count). The third kappa shape index (κ3) is 3.62. The average molecular weight is 416 g/mol. The Morgan fingerprint density at radius 2 is 2.00 bits per heavy atom. The minimum atomic E-state index is -0.507. The maximum atomic E-state index is 12.9. The summed E-state index contributed by atoms with van der Waals surface area (Å²) in [5.41, 5.74) is 6.87. The van der Waals surface area contributed by atoms with E-state index >= 15 is 0 Å². The molecule has 2 amide bonds. The minimum absolute atomic E-state index is 0.0163. The summed E-state index contributed by atoms with van der Waals surface area (Å²) in [6, 6.07) is 7.03. The van der Waals surface area contributed by atoms with E-state index in [1.54, 1.807) is 25.1 Å². The largest absolute Gasteiger partial charge is 0.350 e. The van der Waals surface area contributed by atoms with Crippen LogP contribution in [0, 0.1) is 12.8 Å². The first-order chi connectivity index (χ1) is 12.4. The molecule has 1 heterocycles. The Morgan fingerprint density at radius 3 is 2.62 bits per heavy atom. The zero-order chi connectivity index (χ0) is 18.8. The second-order valence-corrected chi connectivity index (χ2v) is 7.09. The van der Waals surface area contributed by atoms with Crippen molar-refractivity contribution in [3.8, 4) is 0 Å². The van der Waals surface area contributed by atoms with Gasteiger partial charge in [0.2, 0.25) is 5.91 Å². The second kappa shape index (κ2) is 7.29. The van der Waals surface area contributed by atoms with Gasteiger partial charge in [-0.05, 0) is 43.5 Å². The number of H-pyrrole nitrogens is 1. The van der Waals surface area contributed by atoms with Gasteiger partial charge in [0.25, 0.3) is 5.91 Å². The summed E-state index contributed by atoms with van der Waals surface area (Å²) in [5, 5.41) is 0. The summed E-state index contributed by atoms with van der Waals surface area (Å²) >= 11 is 3.35. The van der Waals surface area contributed by atoms with Gasteiger partial charge in [-0.1, -0.05) is 34.6 Å². The lowest BCUT2D eigenvalue weighted by atomic mass is 9.99. The summed E-state index contributed by atoms with van der Waals surface area (Å²) < 4.78 is 0.789. The van der Waals surface area contributed by atoms with Crippen molar-refractivity contribution in [2.24, 2.45) is 5.92 Å². The smallest absolute Gasteiger partial charge is 0.286 e. The predicted molar refractivity (Wildman–Crippen MR) is 102 cm³/mol. The zero-order valence-corrected chi connectivity index (χ0v) is 15.8. The van der Waals surface area contributed by atoms with Gasteiger partial charge < -0.3 is 4.98 Å². The minimum Gasteiger partial charge on any atom is -0.350 e. The molecule has 26 heavy (non-hydrogen) atoms. The van der Waals surface area contributed by atoms with Gasteiger partial charge in [-0.3, -0.25) is 25.2 Å². The van der Waals surface area contributed by atoms with Gasteiger partial charge >= 0.3 is 0 Å². The van der Waals surface area contributed by atoms with Crippen molar-refractivity contribution in [3.63, 3.8) is 0 Å². The van der Waals surface area contributed by atoms with Crippen molar-refractivity contribution in [2.75, 3.05) is 0 Å². The first-order valence-corrected chi connectivity index (χ1v) is 8.97. The number of hydrogen-bond acceptors (Lipinski definition) is 3. The molecule has 1 aliphatic carbocycles. The maximum Gasteiger partial charge on any atom is 0.286 e. The quantitative estimate of drug-likeness (QED) is 0.517. The summed E-state index contributed by atoms with van der Waals surface area (Å²) in [7, 11) is 0. The van der Waals surface area contributed by atoms with Crippen LogP contribution in [0.25, 0.3) is 6.08 Å². The Kier molecular flexibility index (Phi) is 5.08. The fourth-order valence-electron chi connectivity index (χ4n) is 2.69. The lowest BCUT2D eigenvalue weighted by Crippen LogP contribution is -2.42. The van der Waals surface area contributed by atoms with Crippen molar-refractivity contribution in [1.82, 2.24) is 15.8 Å². The monoisotopic (exact) mass is 415 g/mol. The van der Waals surface area contributed by atoms with Gasteiger partial charge in [0, 0.05) is 21.6 Å². The van der Waals surface area contributed by atoms with Gasteiger partial charge in [-0.15, -0.1) is 0 Å². The first-order valence-electron chi connectivity index (χ1n) is 8.17. The van der Waals surface area contributed by atoms with Crippen LogP contribution in [0.2, 0.25) is 0 Å². The van der Waals surface area contributed by atoms with Crippen molar-refractivity contribution < 1.29 is 14.4 Å². The molecule has 1 aliphatic rings. The third-order valence-corrected chi connectivity index (χ3v) is 4.76. The number of amides is 2. The van der Waals surface area contributed by atoms with Crippen LogP contribution >= 0.6 is 15.9 Å². The summed E-state index contributed by atoms with van der Waals surface area (Å²) in [6.07, 6.45) is 3.18.